The molecule has 6 atom stereocenters. The summed E-state index contributed by atoms with van der Waals surface area (Å²) in [5.74, 6) is 0. The predicted octanol–water partition coefficient (Wildman–Crippen LogP) is 0.172. The summed E-state index contributed by atoms with van der Waals surface area (Å²) in [5.41, 5.74) is -2.30. The van der Waals surface area contributed by atoms with Gasteiger partial charge in [-0.2, -0.15) is 0 Å². The Balaban J connectivity index is 2.28. The summed E-state index contributed by atoms with van der Waals surface area (Å²) >= 11 is 0. The van der Waals surface area contributed by atoms with Crippen LogP contribution in [0.25, 0.3) is 0 Å². The molecule has 1 saturated carbocycles. The first-order valence-electron chi connectivity index (χ1n) is 7.19. The molecule has 114 valence electrons. The summed E-state index contributed by atoms with van der Waals surface area (Å²) in [7, 11) is 0. The van der Waals surface area contributed by atoms with Gasteiger partial charge in [0.05, 0.1) is 30.3 Å². The van der Waals surface area contributed by atoms with Crippen molar-refractivity contribution >= 4 is 0 Å². The van der Waals surface area contributed by atoms with Gasteiger partial charge < -0.3 is 25.2 Å². The summed E-state index contributed by atoms with van der Waals surface area (Å²) in [6.07, 6.45) is 1.07. The third kappa shape index (κ3) is 1.08. The summed E-state index contributed by atoms with van der Waals surface area (Å²) in [5, 5.41) is 41.0. The van der Waals surface area contributed by atoms with E-state index in [2.05, 4.69) is 0 Å². The summed E-state index contributed by atoms with van der Waals surface area (Å²) in [6.45, 7) is 5.13. The second-order valence-corrected chi connectivity index (χ2v) is 7.13. The van der Waals surface area contributed by atoms with Crippen molar-refractivity contribution in [1.82, 2.24) is 0 Å². The fourth-order valence-corrected chi connectivity index (χ4v) is 5.28. The maximum absolute atomic E-state index is 11.0. The van der Waals surface area contributed by atoms with Crippen molar-refractivity contribution in [2.45, 2.75) is 51.6 Å². The predicted molar refractivity (Wildman–Crippen MR) is 71.6 cm³/mol. The Hall–Kier alpha value is -0.460. The Morgan fingerprint density at radius 3 is 2.45 bits per heavy atom. The lowest BCUT2D eigenvalue weighted by atomic mass is 9.61. The van der Waals surface area contributed by atoms with E-state index in [1.165, 1.54) is 0 Å². The van der Waals surface area contributed by atoms with Crippen molar-refractivity contribution in [3.8, 4) is 0 Å². The lowest BCUT2D eigenvalue weighted by molar-refractivity contribution is -0.213. The van der Waals surface area contributed by atoms with Crippen molar-refractivity contribution in [2.24, 2.45) is 16.2 Å². The van der Waals surface area contributed by atoms with E-state index in [-0.39, 0.29) is 13.2 Å². The highest BCUT2D eigenvalue weighted by Gasteiger charge is 2.83. The molecule has 5 heteroatoms. The van der Waals surface area contributed by atoms with E-state index < -0.39 is 34.2 Å². The zero-order valence-corrected chi connectivity index (χ0v) is 12.3. The molecule has 1 saturated heterocycles. The Labute approximate surface area is 118 Å². The van der Waals surface area contributed by atoms with Crippen LogP contribution in [0.3, 0.4) is 0 Å². The summed E-state index contributed by atoms with van der Waals surface area (Å²) in [4.78, 5) is 0. The Morgan fingerprint density at radius 1 is 1.25 bits per heavy atom. The minimum Gasteiger partial charge on any atom is -0.396 e. The number of aliphatic hydroxyl groups excluding tert-OH is 4. The molecule has 1 aliphatic heterocycles. The van der Waals surface area contributed by atoms with E-state index in [9.17, 15) is 20.4 Å². The van der Waals surface area contributed by atoms with E-state index in [0.717, 1.165) is 5.57 Å². The van der Waals surface area contributed by atoms with Gasteiger partial charge in [-0.25, -0.2) is 0 Å². The van der Waals surface area contributed by atoms with Crippen LogP contribution in [0.2, 0.25) is 0 Å². The van der Waals surface area contributed by atoms with Gasteiger partial charge in [0.15, 0.2) is 6.29 Å². The van der Waals surface area contributed by atoms with E-state index in [1.807, 2.05) is 19.9 Å². The maximum Gasteiger partial charge on any atom is 0.156 e. The molecule has 1 heterocycles. The molecule has 0 spiro atoms. The van der Waals surface area contributed by atoms with Gasteiger partial charge in [-0.1, -0.05) is 25.5 Å². The monoisotopic (exact) mass is 284 g/mol. The summed E-state index contributed by atoms with van der Waals surface area (Å²) in [6, 6.07) is 0. The highest BCUT2D eigenvalue weighted by Crippen LogP contribution is 2.76. The molecule has 4 N–H and O–H groups in total. The Morgan fingerprint density at radius 2 is 1.90 bits per heavy atom. The summed E-state index contributed by atoms with van der Waals surface area (Å²) < 4.78 is 5.90. The fourth-order valence-electron chi connectivity index (χ4n) is 5.28. The average molecular weight is 284 g/mol. The molecule has 0 aromatic rings. The highest BCUT2D eigenvalue weighted by molar-refractivity contribution is 5.42. The largest absolute Gasteiger partial charge is 0.396 e. The average Bonchev–Trinajstić information content (AvgIpc) is 2.92. The molecular formula is C15H24O5. The van der Waals surface area contributed by atoms with E-state index >= 15 is 0 Å². The van der Waals surface area contributed by atoms with Crippen LogP contribution >= 0.6 is 0 Å². The number of hydrogen-bond donors (Lipinski definition) is 4. The molecule has 1 unspecified atom stereocenters. The zero-order valence-electron chi connectivity index (χ0n) is 12.3. The van der Waals surface area contributed by atoms with Crippen LogP contribution in [0, 0.1) is 16.2 Å². The maximum atomic E-state index is 11.0. The van der Waals surface area contributed by atoms with Crippen LogP contribution in [0.15, 0.2) is 11.6 Å². The van der Waals surface area contributed by atoms with Crippen molar-refractivity contribution < 1.29 is 25.2 Å². The smallest absolute Gasteiger partial charge is 0.156 e. The van der Waals surface area contributed by atoms with Crippen molar-refractivity contribution in [3.05, 3.63) is 11.6 Å². The van der Waals surface area contributed by atoms with Gasteiger partial charge >= 0.3 is 0 Å². The molecular weight excluding hydrogens is 260 g/mol. The van der Waals surface area contributed by atoms with Crippen molar-refractivity contribution in [2.75, 3.05) is 13.2 Å². The molecule has 0 amide bonds. The van der Waals surface area contributed by atoms with Crippen LogP contribution in [0.5, 0.6) is 0 Å². The van der Waals surface area contributed by atoms with Crippen LogP contribution < -0.4 is 0 Å². The van der Waals surface area contributed by atoms with Gasteiger partial charge in [0, 0.05) is 17.3 Å². The Kier molecular flexibility index (Phi) is 2.78. The lowest BCUT2D eigenvalue weighted by Crippen LogP contribution is -2.55. The van der Waals surface area contributed by atoms with Gasteiger partial charge in [-0.3, -0.25) is 0 Å². The molecule has 0 bridgehead atoms. The SMILES string of the molecule is CC1=CC[C@]23OC(O)C[C@]12[C@H](O)[C@](C)(CO)[C@]3(C)CO. The van der Waals surface area contributed by atoms with E-state index in [0.29, 0.717) is 12.8 Å². The fraction of sp³-hybridized carbons (Fsp3) is 0.867. The van der Waals surface area contributed by atoms with Gasteiger partial charge in [0.1, 0.15) is 0 Å². The quantitative estimate of drug-likeness (QED) is 0.543. The normalized spacial score (nSPS) is 57.6. The molecule has 0 aromatic carbocycles. The van der Waals surface area contributed by atoms with Crippen LogP contribution in [0.1, 0.15) is 33.6 Å². The van der Waals surface area contributed by atoms with Gasteiger partial charge in [-0.05, 0) is 13.3 Å². The first-order chi connectivity index (χ1) is 9.25. The van der Waals surface area contributed by atoms with Crippen molar-refractivity contribution in [1.29, 1.82) is 0 Å². The van der Waals surface area contributed by atoms with Crippen LogP contribution in [-0.2, 0) is 4.74 Å². The van der Waals surface area contributed by atoms with Crippen molar-refractivity contribution in [3.63, 3.8) is 0 Å². The van der Waals surface area contributed by atoms with E-state index in [4.69, 9.17) is 4.74 Å². The standard InChI is InChI=1S/C15H24O5/c1-9-4-5-15-13(3,8-17)12(2,7-16)11(19)14(9,15)6-10(18)20-15/h4,10-11,16-19H,5-8H2,1-3H3/t10?,11-,12+,13+,14-,15-/m1/s1. The molecule has 5 nitrogen and oxygen atoms in total. The first-order valence-corrected chi connectivity index (χ1v) is 7.19. The number of aliphatic hydroxyl groups is 4. The zero-order chi connectivity index (χ0) is 15.0. The second-order valence-electron chi connectivity index (χ2n) is 7.13. The first kappa shape index (κ1) is 14.5. The minimum atomic E-state index is -0.942. The number of rotatable bonds is 2. The van der Waals surface area contributed by atoms with Crippen LogP contribution in [0.4, 0.5) is 0 Å². The van der Waals surface area contributed by atoms with Crippen LogP contribution in [-0.4, -0.2) is 51.6 Å². The third-order valence-corrected chi connectivity index (χ3v) is 6.82. The lowest BCUT2D eigenvalue weighted by Gasteiger charge is -2.48. The van der Waals surface area contributed by atoms with Gasteiger partial charge in [0.2, 0.25) is 0 Å². The minimum absolute atomic E-state index is 0.212. The Bertz CT molecular complexity index is 477. The second kappa shape index (κ2) is 3.84. The van der Waals surface area contributed by atoms with Gasteiger partial charge in [0.25, 0.3) is 0 Å². The third-order valence-electron chi connectivity index (χ3n) is 6.82. The molecule has 0 radical (unpaired) electrons. The van der Waals surface area contributed by atoms with Gasteiger partial charge in [-0.15, -0.1) is 0 Å². The molecule has 3 aliphatic rings. The molecule has 0 aromatic heterocycles. The number of ether oxygens (including phenoxy) is 1. The highest BCUT2D eigenvalue weighted by atomic mass is 16.6. The molecule has 2 fully saturated rings. The molecule has 20 heavy (non-hydrogen) atoms. The number of hydrogen-bond acceptors (Lipinski definition) is 5. The topological polar surface area (TPSA) is 90.2 Å². The molecule has 3 rings (SSSR count). The van der Waals surface area contributed by atoms with E-state index in [1.54, 1.807) is 6.92 Å². The molecule has 2 aliphatic carbocycles.